The smallest absolute Gasteiger partial charge is 0.216 e. The van der Waals surface area contributed by atoms with Crippen LogP contribution in [-0.2, 0) is 19.5 Å². The molecule has 1 atom stereocenters. The summed E-state index contributed by atoms with van der Waals surface area (Å²) in [6, 6.07) is 0. The number of rotatable bonds is 13. The molecule has 0 bridgehead atoms. The van der Waals surface area contributed by atoms with Gasteiger partial charge < -0.3 is 24.6 Å². The maximum absolute atomic E-state index is 12.5. The number of nitrogens with one attached hydrogen (secondary N) is 1. The molecule has 1 rings (SSSR count). The molecule has 1 saturated heterocycles. The van der Waals surface area contributed by atoms with Crippen molar-refractivity contribution in [1.82, 2.24) is 19.4 Å². The fraction of sp³-hybridized carbons (Fsp3) is 0.950. The Labute approximate surface area is 183 Å². The first-order valence-electron chi connectivity index (χ1n) is 11.1. The van der Waals surface area contributed by atoms with Gasteiger partial charge in [0.25, 0.3) is 0 Å². The van der Waals surface area contributed by atoms with E-state index in [-0.39, 0.29) is 24.6 Å². The van der Waals surface area contributed by atoms with E-state index in [2.05, 4.69) is 29.2 Å². The van der Waals surface area contributed by atoms with Crippen LogP contribution >= 0.6 is 0 Å². The van der Waals surface area contributed by atoms with Gasteiger partial charge >= 0.3 is 0 Å². The van der Waals surface area contributed by atoms with Crippen molar-refractivity contribution in [3.8, 4) is 0 Å². The summed E-state index contributed by atoms with van der Waals surface area (Å²) < 4.78 is 37.9. The number of ether oxygens (including phenoxy) is 2. The summed E-state index contributed by atoms with van der Waals surface area (Å²) in [5.41, 5.74) is 0. The van der Waals surface area contributed by atoms with E-state index in [9.17, 15) is 8.42 Å². The molecule has 1 unspecified atom stereocenters. The van der Waals surface area contributed by atoms with Crippen LogP contribution in [0.5, 0.6) is 0 Å². The summed E-state index contributed by atoms with van der Waals surface area (Å²) in [5, 5.41) is 3.34. The summed E-state index contributed by atoms with van der Waals surface area (Å²) in [7, 11) is 0.817. The third kappa shape index (κ3) is 10.4. The fourth-order valence-corrected chi connectivity index (χ4v) is 4.46. The lowest BCUT2D eigenvalue weighted by Gasteiger charge is -2.36. The van der Waals surface area contributed by atoms with Crippen LogP contribution in [0.1, 0.15) is 34.1 Å². The molecule has 0 aromatic carbocycles. The number of piperazine rings is 1. The molecule has 1 aliphatic heterocycles. The number of nitrogens with zero attached hydrogens (tertiary/aromatic N) is 4. The van der Waals surface area contributed by atoms with E-state index >= 15 is 0 Å². The quantitative estimate of drug-likeness (QED) is 0.327. The van der Waals surface area contributed by atoms with E-state index in [4.69, 9.17) is 14.5 Å². The molecular formula is C20H43N5O4S. The minimum absolute atomic E-state index is 0.0290. The second kappa shape index (κ2) is 14.2. The summed E-state index contributed by atoms with van der Waals surface area (Å²) in [6.07, 6.45) is 1.04. The molecule has 0 aromatic rings. The van der Waals surface area contributed by atoms with Crippen molar-refractivity contribution in [3.05, 3.63) is 0 Å². The molecule has 178 valence electrons. The van der Waals surface area contributed by atoms with Gasteiger partial charge in [0.15, 0.2) is 5.96 Å². The Morgan fingerprint density at radius 2 is 1.80 bits per heavy atom. The molecule has 1 aliphatic rings. The van der Waals surface area contributed by atoms with Gasteiger partial charge in [-0.25, -0.2) is 8.42 Å². The number of guanidine groups is 1. The Morgan fingerprint density at radius 1 is 1.13 bits per heavy atom. The molecule has 30 heavy (non-hydrogen) atoms. The second-order valence-electron chi connectivity index (χ2n) is 7.99. The van der Waals surface area contributed by atoms with E-state index in [0.29, 0.717) is 39.3 Å². The Morgan fingerprint density at radius 3 is 2.33 bits per heavy atom. The van der Waals surface area contributed by atoms with Gasteiger partial charge in [-0.3, -0.25) is 4.99 Å². The lowest BCUT2D eigenvalue weighted by Crippen LogP contribution is -2.54. The van der Waals surface area contributed by atoms with Gasteiger partial charge in [-0.15, -0.1) is 0 Å². The largest absolute Gasteiger partial charge is 0.378 e. The highest BCUT2D eigenvalue weighted by atomic mass is 32.2. The van der Waals surface area contributed by atoms with Crippen molar-refractivity contribution in [3.63, 3.8) is 0 Å². The molecule has 0 amide bonds. The fourth-order valence-electron chi connectivity index (χ4n) is 3.18. The van der Waals surface area contributed by atoms with Crippen molar-refractivity contribution >= 4 is 16.0 Å². The van der Waals surface area contributed by atoms with E-state index in [1.54, 1.807) is 4.31 Å². The van der Waals surface area contributed by atoms with Gasteiger partial charge in [0.2, 0.25) is 10.0 Å². The number of sulfonamides is 1. The summed E-state index contributed by atoms with van der Waals surface area (Å²) in [4.78, 5) is 9.07. The van der Waals surface area contributed by atoms with E-state index in [1.165, 1.54) is 0 Å². The molecule has 1 N–H and O–H groups in total. The third-order valence-electron chi connectivity index (χ3n) is 4.80. The maximum atomic E-state index is 12.5. The molecule has 9 nitrogen and oxygen atoms in total. The second-order valence-corrected chi connectivity index (χ2v) is 10.1. The topological polar surface area (TPSA) is 86.7 Å². The van der Waals surface area contributed by atoms with Gasteiger partial charge in [-0.1, -0.05) is 0 Å². The van der Waals surface area contributed by atoms with Crippen LogP contribution in [0.25, 0.3) is 0 Å². The van der Waals surface area contributed by atoms with Gasteiger partial charge in [0, 0.05) is 45.9 Å². The Balaban J connectivity index is 2.64. The van der Waals surface area contributed by atoms with E-state index in [1.807, 2.05) is 27.7 Å². The monoisotopic (exact) mass is 449 g/mol. The predicted octanol–water partition coefficient (Wildman–Crippen LogP) is 0.681. The molecule has 0 spiro atoms. The highest BCUT2D eigenvalue weighted by molar-refractivity contribution is 7.89. The van der Waals surface area contributed by atoms with Crippen molar-refractivity contribution in [2.24, 2.45) is 4.99 Å². The van der Waals surface area contributed by atoms with Crippen molar-refractivity contribution in [2.75, 3.05) is 78.9 Å². The standard InChI is InChI=1S/C20H43N5O4S/c1-7-21-20(22-17-19(28-8-2)9-10-23(5)6)24-11-13-25(14-12-24)30(26,27)16-15-29-18(3)4/h18-19H,7-17H2,1-6H3,(H,21,22). The Hall–Kier alpha value is -0.940. The van der Waals surface area contributed by atoms with Crippen LogP contribution in [0.15, 0.2) is 4.99 Å². The first-order valence-corrected chi connectivity index (χ1v) is 12.7. The average Bonchev–Trinajstić information content (AvgIpc) is 2.68. The molecule has 0 aromatic heterocycles. The van der Waals surface area contributed by atoms with E-state index in [0.717, 1.165) is 25.5 Å². The van der Waals surface area contributed by atoms with Crippen molar-refractivity contribution < 1.29 is 17.9 Å². The molecule has 1 heterocycles. The zero-order chi connectivity index (χ0) is 22.6. The Kier molecular flexibility index (Phi) is 12.8. The van der Waals surface area contributed by atoms with Gasteiger partial charge in [-0.05, 0) is 48.2 Å². The average molecular weight is 450 g/mol. The van der Waals surface area contributed by atoms with E-state index < -0.39 is 10.0 Å². The highest BCUT2D eigenvalue weighted by Gasteiger charge is 2.28. The third-order valence-corrected chi connectivity index (χ3v) is 6.64. The zero-order valence-electron chi connectivity index (χ0n) is 19.8. The number of hydrogen-bond donors (Lipinski definition) is 1. The molecule has 0 saturated carbocycles. The normalized spacial score (nSPS) is 17.7. The van der Waals surface area contributed by atoms with Gasteiger partial charge in [0.1, 0.15) is 0 Å². The van der Waals surface area contributed by atoms with Crippen LogP contribution in [0.4, 0.5) is 0 Å². The molecular weight excluding hydrogens is 406 g/mol. The Bertz CT molecular complexity index is 590. The SMILES string of the molecule is CCNC(=NCC(CCN(C)C)OCC)N1CCN(S(=O)(=O)CCOC(C)C)CC1. The van der Waals surface area contributed by atoms with Crippen molar-refractivity contribution in [2.45, 2.75) is 46.3 Å². The lowest BCUT2D eigenvalue weighted by atomic mass is 10.2. The first-order chi connectivity index (χ1) is 14.2. The minimum Gasteiger partial charge on any atom is -0.378 e. The van der Waals surface area contributed by atoms with Gasteiger partial charge in [0.05, 0.1) is 31.1 Å². The first kappa shape index (κ1) is 27.1. The summed E-state index contributed by atoms with van der Waals surface area (Å²) in [5.74, 6) is 0.855. The minimum atomic E-state index is -3.29. The van der Waals surface area contributed by atoms with Crippen LogP contribution in [0, 0.1) is 0 Å². The molecule has 0 aliphatic carbocycles. The van der Waals surface area contributed by atoms with Crippen molar-refractivity contribution in [1.29, 1.82) is 0 Å². The van der Waals surface area contributed by atoms with Gasteiger partial charge in [-0.2, -0.15) is 4.31 Å². The highest BCUT2D eigenvalue weighted by Crippen LogP contribution is 2.10. The van der Waals surface area contributed by atoms with Crippen LogP contribution in [0.2, 0.25) is 0 Å². The zero-order valence-corrected chi connectivity index (χ0v) is 20.6. The van der Waals surface area contributed by atoms with Crippen LogP contribution < -0.4 is 5.32 Å². The van der Waals surface area contributed by atoms with Crippen LogP contribution in [-0.4, -0.2) is 120 Å². The van der Waals surface area contributed by atoms with Crippen LogP contribution in [0.3, 0.4) is 0 Å². The lowest BCUT2D eigenvalue weighted by molar-refractivity contribution is 0.0580. The summed E-state index contributed by atoms with van der Waals surface area (Å²) in [6.45, 7) is 13.2. The summed E-state index contributed by atoms with van der Waals surface area (Å²) >= 11 is 0. The molecule has 10 heteroatoms. The predicted molar refractivity (Wildman–Crippen MR) is 123 cm³/mol. The molecule has 1 fully saturated rings. The number of aliphatic imine (C=N–C) groups is 1. The number of hydrogen-bond acceptors (Lipinski definition) is 6. The maximum Gasteiger partial charge on any atom is 0.216 e. The molecule has 0 radical (unpaired) electrons.